The molecule has 0 saturated carbocycles. The molecule has 0 spiro atoms. The highest BCUT2D eigenvalue weighted by atomic mass is 31.2. The summed E-state index contributed by atoms with van der Waals surface area (Å²) in [5, 5.41) is 13.8. The predicted molar refractivity (Wildman–Crippen MR) is 249 cm³/mol. The lowest BCUT2D eigenvalue weighted by Gasteiger charge is -2.26. The minimum atomic E-state index is -4.32. The molecule has 0 aromatic rings. The van der Waals surface area contributed by atoms with E-state index in [9.17, 15) is 19.4 Å². The van der Waals surface area contributed by atoms with Gasteiger partial charge in [-0.1, -0.05) is 169 Å². The Kier molecular flexibility index (Phi) is 38.1. The molecule has 0 fully saturated rings. The van der Waals surface area contributed by atoms with Crippen LogP contribution in [0.3, 0.4) is 0 Å². The van der Waals surface area contributed by atoms with E-state index in [0.29, 0.717) is 23.9 Å². The summed E-state index contributed by atoms with van der Waals surface area (Å²) in [6, 6.07) is -0.778. The van der Waals surface area contributed by atoms with E-state index in [2.05, 4.69) is 116 Å². The number of carbonyl (C=O) groups is 1. The number of carbonyl (C=O) groups excluding carboxylic acids is 1. The molecule has 0 aromatic carbocycles. The molecule has 3 atom stereocenters. The summed E-state index contributed by atoms with van der Waals surface area (Å²) in [5.41, 5.74) is 0. The number of unbranched alkanes of at least 4 members (excludes halogenated alkanes) is 10. The first-order valence-corrected chi connectivity index (χ1v) is 24.1. The second kappa shape index (κ2) is 39.9. The van der Waals surface area contributed by atoms with Crippen LogP contribution >= 0.6 is 7.82 Å². The number of allylic oxidation sites excluding steroid dienone is 16. The summed E-state index contributed by atoms with van der Waals surface area (Å²) in [6.07, 6.45) is 56.1. The van der Waals surface area contributed by atoms with Gasteiger partial charge in [-0.25, -0.2) is 4.57 Å². The van der Waals surface area contributed by atoms with Gasteiger partial charge < -0.3 is 19.8 Å². The van der Waals surface area contributed by atoms with E-state index in [1.54, 1.807) is 0 Å². The molecule has 0 rings (SSSR count). The van der Waals surface area contributed by atoms with Crippen LogP contribution in [0.1, 0.15) is 155 Å². The first kappa shape index (κ1) is 55.4. The van der Waals surface area contributed by atoms with Gasteiger partial charge in [0.1, 0.15) is 13.2 Å². The van der Waals surface area contributed by atoms with Gasteiger partial charge in [-0.15, -0.1) is 0 Å². The molecule has 0 aliphatic heterocycles. The van der Waals surface area contributed by atoms with E-state index in [-0.39, 0.29) is 19.1 Å². The lowest BCUT2D eigenvalue weighted by Crippen LogP contribution is -2.46. The van der Waals surface area contributed by atoms with Gasteiger partial charge >= 0.3 is 7.82 Å². The number of hydrogen-bond acceptors (Lipinski definition) is 5. The van der Waals surface area contributed by atoms with Gasteiger partial charge in [0.15, 0.2) is 0 Å². The van der Waals surface area contributed by atoms with Crippen LogP contribution in [-0.4, -0.2) is 73.4 Å². The molecule has 8 nitrogen and oxygen atoms in total. The largest absolute Gasteiger partial charge is 0.472 e. The van der Waals surface area contributed by atoms with Crippen LogP contribution in [0.25, 0.3) is 0 Å². The Morgan fingerprint density at radius 2 is 1.03 bits per heavy atom. The SMILES string of the molecule is CC/C=C\C/C=C\C/C=C\C/C=C\C/C=C\C/C=C\C/C=C\C/C=C\CCCCCCC(=O)NC(COP(=O)(O)OCC[N+](C)(C)C)C(O)CCCCCCCCC. The number of aliphatic hydroxyl groups excluding tert-OH is 1. The molecule has 0 radical (unpaired) electrons. The zero-order valence-electron chi connectivity index (χ0n) is 37.5. The normalized spacial score (nSPS) is 15.2. The average molecular weight is 830 g/mol. The van der Waals surface area contributed by atoms with Crippen LogP contribution in [-0.2, 0) is 18.4 Å². The molecule has 0 aliphatic rings. The molecule has 0 bridgehead atoms. The van der Waals surface area contributed by atoms with Crippen LogP contribution in [0, 0.1) is 0 Å². The number of phosphoric ester groups is 1. The summed E-state index contributed by atoms with van der Waals surface area (Å²) in [6.45, 7) is 4.67. The second-order valence-electron chi connectivity index (χ2n) is 16.0. The van der Waals surface area contributed by atoms with E-state index >= 15 is 0 Å². The molecular formula is C49H86N2O6P+. The van der Waals surface area contributed by atoms with Crippen molar-refractivity contribution in [1.29, 1.82) is 0 Å². The second-order valence-corrected chi connectivity index (χ2v) is 17.5. The van der Waals surface area contributed by atoms with Crippen molar-refractivity contribution >= 4 is 13.7 Å². The highest BCUT2D eigenvalue weighted by Gasteiger charge is 2.28. The molecule has 0 saturated heterocycles. The lowest BCUT2D eigenvalue weighted by molar-refractivity contribution is -0.870. The number of likely N-dealkylation sites (N-methyl/N-ethyl adjacent to an activating group) is 1. The fraction of sp³-hybridized carbons (Fsp3) is 0.653. The van der Waals surface area contributed by atoms with Crippen molar-refractivity contribution in [3.05, 3.63) is 97.2 Å². The van der Waals surface area contributed by atoms with Crippen molar-refractivity contribution in [2.24, 2.45) is 0 Å². The lowest BCUT2D eigenvalue weighted by atomic mass is 10.0. The summed E-state index contributed by atoms with van der Waals surface area (Å²) in [5.74, 6) is -0.179. The van der Waals surface area contributed by atoms with Crippen molar-refractivity contribution in [1.82, 2.24) is 5.32 Å². The van der Waals surface area contributed by atoms with Gasteiger partial charge in [0.05, 0.1) is 39.9 Å². The van der Waals surface area contributed by atoms with E-state index in [0.717, 1.165) is 103 Å². The number of aliphatic hydroxyl groups is 1. The number of hydrogen-bond donors (Lipinski definition) is 3. The Balaban J connectivity index is 4.22. The van der Waals surface area contributed by atoms with Crippen LogP contribution in [0.2, 0.25) is 0 Å². The molecule has 58 heavy (non-hydrogen) atoms. The number of amides is 1. The first-order chi connectivity index (χ1) is 28.0. The summed E-state index contributed by atoms with van der Waals surface area (Å²) < 4.78 is 23.5. The number of phosphoric acid groups is 1. The predicted octanol–water partition coefficient (Wildman–Crippen LogP) is 12.7. The Bertz CT molecular complexity index is 1260. The number of rotatable bonds is 39. The molecule has 332 valence electrons. The average Bonchev–Trinajstić information content (AvgIpc) is 3.17. The third kappa shape index (κ3) is 41.6. The highest BCUT2D eigenvalue weighted by Crippen LogP contribution is 2.43. The van der Waals surface area contributed by atoms with E-state index in [1.165, 1.54) is 25.7 Å². The minimum Gasteiger partial charge on any atom is -0.391 e. The van der Waals surface area contributed by atoms with Gasteiger partial charge in [0.2, 0.25) is 5.91 Å². The fourth-order valence-corrected chi connectivity index (χ4v) is 6.50. The van der Waals surface area contributed by atoms with Crippen molar-refractivity contribution in [3.8, 4) is 0 Å². The Morgan fingerprint density at radius 1 is 0.603 bits per heavy atom. The third-order valence-corrected chi connectivity index (χ3v) is 10.3. The summed E-state index contributed by atoms with van der Waals surface area (Å²) in [7, 11) is 1.57. The molecule has 0 heterocycles. The minimum absolute atomic E-state index is 0.0630. The molecular weight excluding hydrogens is 744 g/mol. The van der Waals surface area contributed by atoms with Crippen LogP contribution < -0.4 is 5.32 Å². The quantitative estimate of drug-likeness (QED) is 0.0247. The van der Waals surface area contributed by atoms with Crippen molar-refractivity contribution in [3.63, 3.8) is 0 Å². The highest BCUT2D eigenvalue weighted by molar-refractivity contribution is 7.47. The van der Waals surface area contributed by atoms with Crippen LogP contribution in [0.4, 0.5) is 0 Å². The molecule has 0 aromatic heterocycles. The molecule has 0 aliphatic carbocycles. The van der Waals surface area contributed by atoms with Gasteiger partial charge in [-0.3, -0.25) is 13.8 Å². The molecule has 1 amide bonds. The zero-order valence-corrected chi connectivity index (χ0v) is 38.4. The zero-order chi connectivity index (χ0) is 42.8. The standard InChI is InChI=1S/C49H85N2O6P/c1-6-8-10-12-14-15-16-17-18-19-20-21-22-23-24-25-26-27-28-29-30-31-32-33-34-35-37-39-41-43-49(53)50-47(48(52)42-40-38-36-13-11-9-7-2)46-57-58(54,55)56-45-44-51(3,4)5/h8,10,14-15,17-18,20-21,23-24,26-27,29-30,32-33,47-48,52H,6-7,9,11-13,16,19,22,25,28,31,34-46H2,1-5H3,(H-,50,53,54,55)/p+1/b10-8-,15-14-,18-17-,21-20-,24-23-,27-26-,30-29-,33-32-. The summed E-state index contributed by atoms with van der Waals surface area (Å²) >= 11 is 0. The number of nitrogens with zero attached hydrogens (tertiary/aromatic N) is 1. The Labute approximate surface area is 356 Å². The maximum Gasteiger partial charge on any atom is 0.472 e. The summed E-state index contributed by atoms with van der Waals surface area (Å²) in [4.78, 5) is 23.0. The third-order valence-electron chi connectivity index (χ3n) is 9.35. The van der Waals surface area contributed by atoms with Crippen LogP contribution in [0.15, 0.2) is 97.2 Å². The van der Waals surface area contributed by atoms with Gasteiger partial charge in [-0.2, -0.15) is 0 Å². The molecule has 9 heteroatoms. The fourth-order valence-electron chi connectivity index (χ4n) is 5.76. The molecule has 3 N–H and O–H groups in total. The Hall–Kier alpha value is -2.58. The van der Waals surface area contributed by atoms with Gasteiger partial charge in [0.25, 0.3) is 0 Å². The van der Waals surface area contributed by atoms with Crippen LogP contribution in [0.5, 0.6) is 0 Å². The van der Waals surface area contributed by atoms with Crippen molar-refractivity contribution in [2.45, 2.75) is 167 Å². The van der Waals surface area contributed by atoms with Gasteiger partial charge in [0, 0.05) is 6.42 Å². The van der Waals surface area contributed by atoms with E-state index < -0.39 is 20.0 Å². The van der Waals surface area contributed by atoms with E-state index in [1.807, 2.05) is 21.1 Å². The van der Waals surface area contributed by atoms with Crippen molar-refractivity contribution in [2.75, 3.05) is 40.9 Å². The monoisotopic (exact) mass is 830 g/mol. The van der Waals surface area contributed by atoms with E-state index in [4.69, 9.17) is 9.05 Å². The first-order valence-electron chi connectivity index (χ1n) is 22.6. The molecule has 3 unspecified atom stereocenters. The van der Waals surface area contributed by atoms with Crippen molar-refractivity contribution < 1.29 is 32.9 Å². The maximum atomic E-state index is 12.8. The topological polar surface area (TPSA) is 105 Å². The van der Waals surface area contributed by atoms with Gasteiger partial charge in [-0.05, 0) is 77.0 Å². The smallest absolute Gasteiger partial charge is 0.391 e. The Morgan fingerprint density at radius 3 is 1.52 bits per heavy atom. The number of nitrogens with one attached hydrogen (secondary N) is 1. The number of quaternary nitrogens is 1. The maximum absolute atomic E-state index is 12.8.